The summed E-state index contributed by atoms with van der Waals surface area (Å²) in [5.74, 6) is -0.750. The van der Waals surface area contributed by atoms with E-state index >= 15 is 0 Å². The number of morpholine rings is 2. The number of ether oxygens (including phenoxy) is 2. The number of nitrogens with two attached hydrogens (primary N) is 1. The molecular weight excluding hydrogens is 1060 g/mol. The number of amides is 2. The van der Waals surface area contributed by atoms with E-state index in [9.17, 15) is 33.2 Å². The molecule has 4 aliphatic rings. The van der Waals surface area contributed by atoms with Crippen molar-refractivity contribution in [2.24, 2.45) is 21.6 Å². The molecule has 2 aliphatic heterocycles. The van der Waals surface area contributed by atoms with Gasteiger partial charge in [-0.1, -0.05) is 111 Å². The smallest absolute Gasteiger partial charge is 0.272 e. The average molecular weight is 1170 g/mol. The minimum absolute atomic E-state index is 0.0158. The molecule has 2 aliphatic carbocycles. The molecule has 84 heavy (non-hydrogen) atoms. The summed E-state index contributed by atoms with van der Waals surface area (Å²) in [5.41, 5.74) is 15.3. The molecule has 2 saturated heterocycles. The summed E-state index contributed by atoms with van der Waals surface area (Å²) < 4.78 is 39.7. The number of aliphatic imine (C=N–C) groups is 2. The molecule has 6 rings (SSSR count). The van der Waals surface area contributed by atoms with Gasteiger partial charge in [0.1, 0.15) is 23.7 Å². The molecule has 0 aromatic heterocycles. The van der Waals surface area contributed by atoms with Crippen molar-refractivity contribution in [2.45, 2.75) is 248 Å². The summed E-state index contributed by atoms with van der Waals surface area (Å²) in [5, 5.41) is 9.38. The van der Waals surface area contributed by atoms with Crippen LogP contribution in [0, 0.1) is 42.7 Å². The fourth-order valence-corrected chi connectivity index (χ4v) is 12.0. The molecule has 0 spiro atoms. The number of carbonyl (C=O) groups is 4. The molecule has 2 N–H and O–H groups in total. The Hall–Kier alpha value is -5.65. The topological polar surface area (TPSA) is 168 Å². The fourth-order valence-electron chi connectivity index (χ4n) is 12.0. The Morgan fingerprint density at radius 3 is 1.92 bits per heavy atom. The zero-order chi connectivity index (χ0) is 62.5. The van der Waals surface area contributed by atoms with Crippen molar-refractivity contribution in [3.63, 3.8) is 0 Å². The molecule has 3 unspecified atom stereocenters. The number of nitriles is 1. The number of benzene rings is 2. The van der Waals surface area contributed by atoms with Crippen LogP contribution in [0.1, 0.15) is 238 Å². The van der Waals surface area contributed by atoms with Crippen LogP contribution in [0.4, 0.5) is 8.78 Å². The first-order valence-electron chi connectivity index (χ1n) is 32.0. The number of aryl methyl sites for hydroxylation is 1. The maximum absolute atomic E-state index is 14.2. The van der Waals surface area contributed by atoms with Gasteiger partial charge in [0.15, 0.2) is 17.4 Å². The molecule has 3 fully saturated rings. The summed E-state index contributed by atoms with van der Waals surface area (Å²) in [6.45, 7) is 28.5. The maximum Gasteiger partial charge on any atom is 0.272 e. The lowest BCUT2D eigenvalue weighted by Gasteiger charge is -2.36. The molecule has 12 nitrogen and oxygen atoms in total. The van der Waals surface area contributed by atoms with Gasteiger partial charge in [-0.3, -0.25) is 29.2 Å². The minimum atomic E-state index is -0.729. The van der Waals surface area contributed by atoms with Crippen molar-refractivity contribution in [3.05, 3.63) is 104 Å². The van der Waals surface area contributed by atoms with Crippen LogP contribution in [0.5, 0.6) is 0 Å². The van der Waals surface area contributed by atoms with Gasteiger partial charge in [-0.15, -0.1) is 0 Å². The zero-order valence-corrected chi connectivity index (χ0v) is 54.1. The number of allylic oxidation sites excluding steroid dienone is 3. The van der Waals surface area contributed by atoms with Crippen LogP contribution in [0.3, 0.4) is 0 Å². The number of halogens is 2. The van der Waals surface area contributed by atoms with Crippen molar-refractivity contribution >= 4 is 34.8 Å². The fraction of sp³-hybridized carbons (Fsp3) is 0.643. The number of ketones is 2. The number of carbonyl (C=O) groups excluding carboxylic acids is 4. The van der Waals surface area contributed by atoms with Crippen LogP contribution in [0.2, 0.25) is 0 Å². The Balaban J connectivity index is 0.000000355. The summed E-state index contributed by atoms with van der Waals surface area (Å²) in [4.78, 5) is 62.7. The minimum Gasteiger partial charge on any atom is -0.394 e. The maximum atomic E-state index is 14.2. The largest absolute Gasteiger partial charge is 0.394 e. The van der Waals surface area contributed by atoms with E-state index in [0.29, 0.717) is 61.8 Å². The van der Waals surface area contributed by atoms with Crippen molar-refractivity contribution in [1.29, 1.82) is 5.26 Å². The highest BCUT2D eigenvalue weighted by Crippen LogP contribution is 2.34. The normalized spacial score (nSPS) is 21.1. The standard InChI is InChI=1S/C33H46N4O3.C19H28F2O.C16H26N2O2.C2H6/c1-5-12-25(29-16-10-14-26(19-34)24(29)4)13-8-7-9-15-27(38)20-36-31-18-11-17-30(31)32(35)33(39)37-21-23(3)40-28(6-2)22-37;1-5-8-15(10-7-9-13(3)17(22)6-2)16-12-11-14(4)18(20)19(16)21;1-5-13-10-18(9-12(3)20-13)16(19)15(17-4)14-8-6-7-11(14)2;1-2/h9-10,14-16,23,25,28H,5-8,11-13,17-18,20-22,35H2,1-4H3;11-13,15H,5-10H2,1-4H3;12-13H,5-10H2,1-4H3;1-2H3/b15-9+,32-30-,36-31?;;;/t23-,25?,28+;;12-,13+;/m1.0./s1. The average Bonchev–Trinajstić information content (AvgIpc) is 4.25. The van der Waals surface area contributed by atoms with E-state index in [0.717, 1.165) is 132 Å². The molecule has 0 bridgehead atoms. The lowest BCUT2D eigenvalue weighted by Crippen LogP contribution is -2.51. The van der Waals surface area contributed by atoms with Crippen LogP contribution < -0.4 is 5.73 Å². The van der Waals surface area contributed by atoms with E-state index in [2.05, 4.69) is 56.7 Å². The van der Waals surface area contributed by atoms with Gasteiger partial charge in [0.25, 0.3) is 11.8 Å². The lowest BCUT2D eigenvalue weighted by molar-refractivity contribution is -0.140. The van der Waals surface area contributed by atoms with Gasteiger partial charge in [-0.05, 0) is 183 Å². The second kappa shape index (κ2) is 38.4. The van der Waals surface area contributed by atoms with E-state index in [-0.39, 0.29) is 71.9 Å². The van der Waals surface area contributed by atoms with Crippen LogP contribution in [-0.2, 0) is 28.7 Å². The molecule has 2 heterocycles. The Labute approximate surface area is 505 Å². The third kappa shape index (κ3) is 22.0. The predicted molar refractivity (Wildman–Crippen MR) is 340 cm³/mol. The van der Waals surface area contributed by atoms with Crippen molar-refractivity contribution < 1.29 is 37.4 Å². The van der Waals surface area contributed by atoms with Gasteiger partial charge in [-0.25, -0.2) is 8.78 Å². The van der Waals surface area contributed by atoms with Crippen molar-refractivity contribution in [3.8, 4) is 6.07 Å². The number of hydrogen-bond donors (Lipinski definition) is 1. The third-order valence-corrected chi connectivity index (χ3v) is 16.8. The monoisotopic (exact) mass is 1160 g/mol. The number of nitrogens with zero attached hydrogens (tertiary/aromatic N) is 5. The Morgan fingerprint density at radius 1 is 0.762 bits per heavy atom. The molecule has 1 saturated carbocycles. The van der Waals surface area contributed by atoms with Gasteiger partial charge >= 0.3 is 0 Å². The molecule has 0 radical (unpaired) electrons. The second-order valence-corrected chi connectivity index (χ2v) is 23.2. The van der Waals surface area contributed by atoms with E-state index < -0.39 is 11.6 Å². The highest BCUT2D eigenvalue weighted by molar-refractivity contribution is 6.45. The first-order valence-corrected chi connectivity index (χ1v) is 32.0. The van der Waals surface area contributed by atoms with Gasteiger partial charge in [0.2, 0.25) is 0 Å². The number of hydrogen-bond acceptors (Lipinski definition) is 10. The highest BCUT2D eigenvalue weighted by atomic mass is 19.2. The Kier molecular flexibility index (Phi) is 33.2. The highest BCUT2D eigenvalue weighted by Gasteiger charge is 2.33. The third-order valence-electron chi connectivity index (χ3n) is 16.8. The van der Waals surface area contributed by atoms with Crippen LogP contribution in [0.25, 0.3) is 0 Å². The summed E-state index contributed by atoms with van der Waals surface area (Å²) in [6, 6.07) is 11.7. The van der Waals surface area contributed by atoms with Crippen molar-refractivity contribution in [2.75, 3.05) is 39.8 Å². The zero-order valence-electron chi connectivity index (χ0n) is 54.1. The molecule has 2 aromatic carbocycles. The van der Waals surface area contributed by atoms with E-state index in [4.69, 9.17) is 15.2 Å². The summed E-state index contributed by atoms with van der Waals surface area (Å²) >= 11 is 0. The number of Topliss-reactive ketones (excluding diaryl/α,β-unsaturated/α-hetero) is 1. The predicted octanol–water partition coefficient (Wildman–Crippen LogP) is 15.5. The van der Waals surface area contributed by atoms with Crippen molar-refractivity contribution in [1.82, 2.24) is 9.80 Å². The van der Waals surface area contributed by atoms with Gasteiger partial charge in [0.05, 0.1) is 36.0 Å². The van der Waals surface area contributed by atoms with E-state index in [1.165, 1.54) is 16.7 Å². The SMILES string of the molecule is CC.CCCC(CCC/C=C/C(=O)CN=C1CCC/C1=C(/N)C(=O)N1C[C@H](CC)O[C@H](C)C1)c1cccc(C#N)c1C.CCCC(CCCC(C)C(=O)CC)c1ccc(C)c(F)c1F.CC[C@@H]1CN(C(=O)C(=NC)C2=C(C)CCC2)C[C@H](C)O1. The first kappa shape index (κ1) is 72.6. The van der Waals surface area contributed by atoms with Crippen LogP contribution in [0.15, 0.2) is 74.9 Å². The lowest BCUT2D eigenvalue weighted by atomic mass is 9.85. The quantitative estimate of drug-likeness (QED) is 0.0616. The molecule has 2 aromatic rings. The van der Waals surface area contributed by atoms with Crippen LogP contribution >= 0.6 is 0 Å². The molecule has 2 amide bonds. The van der Waals surface area contributed by atoms with E-state index in [1.54, 1.807) is 37.1 Å². The Morgan fingerprint density at radius 2 is 1.36 bits per heavy atom. The number of rotatable bonds is 24. The number of unbranched alkanes of at least 4 members (excludes halogenated alkanes) is 1. The van der Waals surface area contributed by atoms with Gasteiger partial charge in [-0.2, -0.15) is 5.26 Å². The van der Waals surface area contributed by atoms with Crippen LogP contribution in [-0.4, -0.2) is 109 Å². The van der Waals surface area contributed by atoms with E-state index in [1.807, 2.05) is 71.6 Å². The second-order valence-electron chi connectivity index (χ2n) is 23.2. The molecule has 466 valence electrons. The Bertz CT molecular complexity index is 2650. The van der Waals surface area contributed by atoms with Gasteiger partial charge in [0, 0.05) is 56.9 Å². The van der Waals surface area contributed by atoms with Gasteiger partial charge < -0.3 is 25.0 Å². The molecular formula is C70H106F2N6O6. The molecule has 14 heteroatoms. The molecule has 7 atom stereocenters. The summed E-state index contributed by atoms with van der Waals surface area (Å²) in [6.07, 6.45) is 21.0. The summed E-state index contributed by atoms with van der Waals surface area (Å²) in [7, 11) is 1.73. The first-order chi connectivity index (χ1) is 40.3.